The van der Waals surface area contributed by atoms with E-state index in [9.17, 15) is 4.39 Å². The van der Waals surface area contributed by atoms with Crippen molar-refractivity contribution in [3.05, 3.63) is 53.8 Å². The molecule has 1 aliphatic rings. The van der Waals surface area contributed by atoms with Gasteiger partial charge in [0.15, 0.2) is 5.96 Å². The minimum atomic E-state index is -0.225. The molecule has 28 heavy (non-hydrogen) atoms. The lowest BCUT2D eigenvalue weighted by Gasteiger charge is -2.16. The van der Waals surface area contributed by atoms with E-state index in [4.69, 9.17) is 15.2 Å². The van der Waals surface area contributed by atoms with E-state index in [1.165, 1.54) is 12.1 Å². The molecular formula is C21H27FIN3O2. The number of ether oxygens (including phenoxy) is 2. The summed E-state index contributed by atoms with van der Waals surface area (Å²) in [7, 11) is 0. The minimum Gasteiger partial charge on any atom is -0.494 e. The van der Waals surface area contributed by atoms with Crippen molar-refractivity contribution in [2.24, 2.45) is 10.7 Å². The number of benzene rings is 2. The topological polar surface area (TPSA) is 68.9 Å². The third-order valence-corrected chi connectivity index (χ3v) is 4.69. The third-order valence-electron chi connectivity index (χ3n) is 4.69. The molecule has 152 valence electrons. The summed E-state index contributed by atoms with van der Waals surface area (Å²) in [4.78, 5) is 4.52. The normalized spacial score (nSPS) is 14.8. The predicted molar refractivity (Wildman–Crippen MR) is 122 cm³/mol. The Morgan fingerprint density at radius 3 is 2.39 bits per heavy atom. The van der Waals surface area contributed by atoms with Crippen LogP contribution in [0.2, 0.25) is 0 Å². The van der Waals surface area contributed by atoms with Crippen molar-refractivity contribution >= 4 is 35.6 Å². The molecule has 0 unspecified atom stereocenters. The number of halogens is 2. The number of hydrogen-bond donors (Lipinski definition) is 2. The zero-order valence-corrected chi connectivity index (χ0v) is 18.5. The molecule has 1 saturated carbocycles. The fourth-order valence-electron chi connectivity index (χ4n) is 3.05. The van der Waals surface area contributed by atoms with Crippen LogP contribution >= 0.6 is 24.0 Å². The molecular weight excluding hydrogens is 472 g/mol. The molecule has 0 bridgehead atoms. The van der Waals surface area contributed by atoms with Crippen molar-refractivity contribution in [3.63, 3.8) is 0 Å². The highest BCUT2D eigenvalue weighted by Crippen LogP contribution is 2.48. The summed E-state index contributed by atoms with van der Waals surface area (Å²) in [5.74, 6) is 1.52. The van der Waals surface area contributed by atoms with Crippen LogP contribution in [0.1, 0.15) is 32.3 Å². The fourth-order valence-corrected chi connectivity index (χ4v) is 3.05. The lowest BCUT2D eigenvalue weighted by molar-refractivity contribution is 0.332. The van der Waals surface area contributed by atoms with Gasteiger partial charge in [-0.3, -0.25) is 4.99 Å². The van der Waals surface area contributed by atoms with Gasteiger partial charge in [0, 0.05) is 11.5 Å². The second-order valence-electron chi connectivity index (χ2n) is 6.64. The van der Waals surface area contributed by atoms with Gasteiger partial charge in [-0.1, -0.05) is 12.1 Å². The molecule has 5 nitrogen and oxygen atoms in total. The van der Waals surface area contributed by atoms with Gasteiger partial charge in [0.25, 0.3) is 0 Å². The van der Waals surface area contributed by atoms with E-state index in [-0.39, 0.29) is 35.2 Å². The zero-order valence-electron chi connectivity index (χ0n) is 16.2. The molecule has 7 heteroatoms. The van der Waals surface area contributed by atoms with Crippen molar-refractivity contribution in [3.8, 4) is 11.5 Å². The first-order chi connectivity index (χ1) is 13.1. The van der Waals surface area contributed by atoms with Crippen LogP contribution < -0.4 is 20.5 Å². The lowest BCUT2D eigenvalue weighted by Crippen LogP contribution is -2.25. The van der Waals surface area contributed by atoms with E-state index in [0.717, 1.165) is 29.8 Å². The molecule has 2 aromatic rings. The number of nitrogens with one attached hydrogen (secondary N) is 1. The van der Waals surface area contributed by atoms with Gasteiger partial charge in [0.2, 0.25) is 0 Å². The van der Waals surface area contributed by atoms with Crippen molar-refractivity contribution in [2.45, 2.75) is 32.1 Å². The Hall–Kier alpha value is -2.03. The van der Waals surface area contributed by atoms with Crippen LogP contribution in [-0.4, -0.2) is 25.7 Å². The SMILES string of the molecule is CCOc1ccc(OCC)c(NC(N)=NCC2(c3ccc(F)cc3)CC2)c1.I. The van der Waals surface area contributed by atoms with Crippen LogP contribution in [0.5, 0.6) is 11.5 Å². The maximum absolute atomic E-state index is 13.2. The van der Waals surface area contributed by atoms with Gasteiger partial charge < -0.3 is 20.5 Å². The smallest absolute Gasteiger partial charge is 0.193 e. The summed E-state index contributed by atoms with van der Waals surface area (Å²) in [6.07, 6.45) is 2.05. The van der Waals surface area contributed by atoms with Crippen LogP contribution in [0.3, 0.4) is 0 Å². The maximum atomic E-state index is 13.2. The number of nitrogens with two attached hydrogens (primary N) is 1. The number of anilines is 1. The highest BCUT2D eigenvalue weighted by Gasteiger charge is 2.44. The fraction of sp³-hybridized carbons (Fsp3) is 0.381. The molecule has 0 amide bonds. The van der Waals surface area contributed by atoms with E-state index in [1.807, 2.05) is 44.2 Å². The largest absolute Gasteiger partial charge is 0.494 e. The van der Waals surface area contributed by atoms with E-state index < -0.39 is 0 Å². The molecule has 0 aromatic heterocycles. The van der Waals surface area contributed by atoms with Crippen LogP contribution in [-0.2, 0) is 5.41 Å². The van der Waals surface area contributed by atoms with Crippen molar-refractivity contribution < 1.29 is 13.9 Å². The van der Waals surface area contributed by atoms with E-state index >= 15 is 0 Å². The minimum absolute atomic E-state index is 0. The molecule has 0 atom stereocenters. The quantitative estimate of drug-likeness (QED) is 0.314. The second-order valence-corrected chi connectivity index (χ2v) is 6.64. The first-order valence-corrected chi connectivity index (χ1v) is 9.29. The molecule has 3 N–H and O–H groups in total. The number of aliphatic imine (C=N–C) groups is 1. The number of nitrogens with zero attached hydrogens (tertiary/aromatic N) is 1. The Kier molecular flexibility index (Phi) is 7.91. The maximum Gasteiger partial charge on any atom is 0.193 e. The summed E-state index contributed by atoms with van der Waals surface area (Å²) in [5.41, 5.74) is 7.91. The Balaban J connectivity index is 0.00000280. The predicted octanol–water partition coefficient (Wildman–Crippen LogP) is 4.70. The summed E-state index contributed by atoms with van der Waals surface area (Å²) in [6, 6.07) is 12.2. The zero-order chi connectivity index (χ0) is 19.3. The lowest BCUT2D eigenvalue weighted by atomic mass is 9.96. The van der Waals surface area contributed by atoms with E-state index in [0.29, 0.717) is 31.5 Å². The molecule has 1 aliphatic carbocycles. The summed E-state index contributed by atoms with van der Waals surface area (Å²) < 4.78 is 24.4. The molecule has 2 aromatic carbocycles. The average Bonchev–Trinajstić information content (AvgIpc) is 3.44. The monoisotopic (exact) mass is 499 g/mol. The molecule has 0 spiro atoms. The summed E-state index contributed by atoms with van der Waals surface area (Å²) >= 11 is 0. The van der Waals surface area contributed by atoms with Crippen LogP contribution in [0.15, 0.2) is 47.5 Å². The highest BCUT2D eigenvalue weighted by atomic mass is 127. The van der Waals surface area contributed by atoms with Gasteiger partial charge in [-0.05, 0) is 56.5 Å². The average molecular weight is 499 g/mol. The Morgan fingerprint density at radius 2 is 1.79 bits per heavy atom. The van der Waals surface area contributed by atoms with Gasteiger partial charge in [0.05, 0.1) is 25.4 Å². The van der Waals surface area contributed by atoms with E-state index in [2.05, 4.69) is 10.3 Å². The molecule has 0 heterocycles. The van der Waals surface area contributed by atoms with Gasteiger partial charge in [-0.25, -0.2) is 4.39 Å². The number of hydrogen-bond acceptors (Lipinski definition) is 3. The van der Waals surface area contributed by atoms with Gasteiger partial charge in [-0.15, -0.1) is 24.0 Å². The number of rotatable bonds is 8. The van der Waals surface area contributed by atoms with Crippen molar-refractivity contribution in [1.29, 1.82) is 0 Å². The van der Waals surface area contributed by atoms with Crippen LogP contribution in [0, 0.1) is 5.82 Å². The second kappa shape index (κ2) is 9.95. The van der Waals surface area contributed by atoms with Gasteiger partial charge in [-0.2, -0.15) is 0 Å². The highest BCUT2D eigenvalue weighted by molar-refractivity contribution is 14.0. The molecule has 0 radical (unpaired) electrons. The molecule has 1 fully saturated rings. The van der Waals surface area contributed by atoms with E-state index in [1.54, 1.807) is 0 Å². The Labute approximate surface area is 182 Å². The summed E-state index contributed by atoms with van der Waals surface area (Å²) in [5, 5.41) is 3.12. The molecule has 3 rings (SSSR count). The Bertz CT molecular complexity index is 808. The van der Waals surface area contributed by atoms with Crippen LogP contribution in [0.25, 0.3) is 0 Å². The summed E-state index contributed by atoms with van der Waals surface area (Å²) in [6.45, 7) is 5.55. The standard InChI is InChI=1S/C21H26FN3O2.HI/c1-3-26-17-9-10-19(27-4-2)18(13-17)25-20(23)24-14-21(11-12-21)15-5-7-16(22)8-6-15;/h5-10,13H,3-4,11-12,14H2,1-2H3,(H3,23,24,25);1H. The van der Waals surface area contributed by atoms with Gasteiger partial charge in [0.1, 0.15) is 17.3 Å². The van der Waals surface area contributed by atoms with Crippen molar-refractivity contribution in [1.82, 2.24) is 0 Å². The molecule has 0 aliphatic heterocycles. The first-order valence-electron chi connectivity index (χ1n) is 9.29. The van der Waals surface area contributed by atoms with Crippen LogP contribution in [0.4, 0.5) is 10.1 Å². The Morgan fingerprint density at radius 1 is 1.11 bits per heavy atom. The molecule has 0 saturated heterocycles. The number of guanidine groups is 1. The first kappa shape index (κ1) is 22.3. The van der Waals surface area contributed by atoms with Gasteiger partial charge >= 0.3 is 0 Å². The third kappa shape index (κ3) is 5.50. The van der Waals surface area contributed by atoms with Crippen molar-refractivity contribution in [2.75, 3.05) is 25.1 Å².